The molecule has 1 fully saturated rings. The topological polar surface area (TPSA) is 3.24 Å². The Bertz CT molecular complexity index is 3220. The Labute approximate surface area is 364 Å². The summed E-state index contributed by atoms with van der Waals surface area (Å²) in [7, 11) is 0. The maximum absolute atomic E-state index is 2.80. The Kier molecular flexibility index (Phi) is 8.85. The van der Waals surface area contributed by atoms with Gasteiger partial charge in [0.05, 0.1) is 11.2 Å². The van der Waals surface area contributed by atoms with E-state index in [1.54, 1.807) is 0 Å². The molecule has 1 heterocycles. The van der Waals surface area contributed by atoms with E-state index in [4.69, 9.17) is 0 Å². The fourth-order valence-electron chi connectivity index (χ4n) is 11.1. The summed E-state index contributed by atoms with van der Waals surface area (Å²) in [6.45, 7) is 2.30. The normalized spacial score (nSPS) is 13.9. The van der Waals surface area contributed by atoms with E-state index in [-0.39, 0.29) is 5.54 Å². The van der Waals surface area contributed by atoms with Crippen molar-refractivity contribution < 1.29 is 0 Å². The number of rotatable bonds is 9. The van der Waals surface area contributed by atoms with Crippen molar-refractivity contribution >= 4 is 54.5 Å². The minimum absolute atomic E-state index is 0.148. The minimum atomic E-state index is -0.148. The van der Waals surface area contributed by atoms with Crippen molar-refractivity contribution in [1.82, 2.24) is 0 Å². The summed E-state index contributed by atoms with van der Waals surface area (Å²) in [5.41, 5.74) is 15.8. The van der Waals surface area contributed by atoms with Crippen molar-refractivity contribution in [2.24, 2.45) is 0 Å². The van der Waals surface area contributed by atoms with E-state index < -0.39 is 0 Å². The third-order valence-electron chi connectivity index (χ3n) is 14.1. The number of benzene rings is 10. The number of unbranched alkanes of at least 4 members (excludes halogenated alkanes) is 3. The van der Waals surface area contributed by atoms with Crippen LogP contribution in [0.15, 0.2) is 194 Å². The summed E-state index contributed by atoms with van der Waals surface area (Å²) >= 11 is 0. The Morgan fingerprint density at radius 2 is 0.871 bits per heavy atom. The molecule has 62 heavy (non-hydrogen) atoms. The van der Waals surface area contributed by atoms with Crippen LogP contribution in [0.5, 0.6) is 0 Å². The van der Waals surface area contributed by atoms with E-state index in [0.717, 1.165) is 19.3 Å². The number of nitrogens with zero attached hydrogens (tertiary/aromatic N) is 1. The second kappa shape index (κ2) is 14.9. The van der Waals surface area contributed by atoms with E-state index >= 15 is 0 Å². The minimum Gasteiger partial charge on any atom is -0.330 e. The van der Waals surface area contributed by atoms with E-state index in [1.807, 2.05) is 0 Å². The zero-order valence-corrected chi connectivity index (χ0v) is 35.4. The van der Waals surface area contributed by atoms with Crippen LogP contribution in [0.4, 0.5) is 11.4 Å². The lowest BCUT2D eigenvalue weighted by Crippen LogP contribution is -2.35. The second-order valence-electron chi connectivity index (χ2n) is 17.7. The van der Waals surface area contributed by atoms with Gasteiger partial charge in [0.2, 0.25) is 0 Å². The largest absolute Gasteiger partial charge is 0.330 e. The lowest BCUT2D eigenvalue weighted by molar-refractivity contribution is 0.666. The Hall–Kier alpha value is -6.96. The highest BCUT2D eigenvalue weighted by Gasteiger charge is 2.55. The van der Waals surface area contributed by atoms with Gasteiger partial charge in [-0.1, -0.05) is 202 Å². The maximum atomic E-state index is 2.80. The SMILES string of the molecule is CCCCCCc1ccc2c(c1)-c1cc(-c3c4ccccc4c(-c4ccccc4)c4ccccc34)ccc1C1(CC1)N2c1c2ccccc2c(-c2ccccc2)c2ccccc12. The van der Waals surface area contributed by atoms with E-state index in [9.17, 15) is 0 Å². The van der Waals surface area contributed by atoms with Crippen LogP contribution < -0.4 is 4.90 Å². The molecule has 12 rings (SSSR count). The number of hydrogen-bond donors (Lipinski definition) is 0. The molecule has 0 bridgehead atoms. The molecule has 1 saturated carbocycles. The number of aryl methyl sites for hydroxylation is 1. The molecule has 0 radical (unpaired) electrons. The van der Waals surface area contributed by atoms with Gasteiger partial charge in [0.1, 0.15) is 0 Å². The summed E-state index contributed by atoms with van der Waals surface area (Å²) in [6.07, 6.45) is 8.34. The fourth-order valence-corrected chi connectivity index (χ4v) is 11.1. The lowest BCUT2D eigenvalue weighted by atomic mass is 9.80. The van der Waals surface area contributed by atoms with Crippen molar-refractivity contribution in [3.8, 4) is 44.5 Å². The molecule has 2 aliphatic rings. The Morgan fingerprint density at radius 3 is 1.37 bits per heavy atom. The van der Waals surface area contributed by atoms with Crippen LogP contribution in [0, 0.1) is 0 Å². The Balaban J connectivity index is 1.12. The molecule has 0 saturated heterocycles. The number of anilines is 2. The van der Waals surface area contributed by atoms with Crippen molar-refractivity contribution in [1.29, 1.82) is 0 Å². The predicted octanol–water partition coefficient (Wildman–Crippen LogP) is 17.2. The smallest absolute Gasteiger partial charge is 0.0711 e. The second-order valence-corrected chi connectivity index (χ2v) is 17.7. The first-order chi connectivity index (χ1) is 30.7. The van der Waals surface area contributed by atoms with Gasteiger partial charge in [-0.15, -0.1) is 0 Å². The first-order valence-electron chi connectivity index (χ1n) is 22.8. The molecular formula is C61H49N. The zero-order valence-electron chi connectivity index (χ0n) is 35.4. The van der Waals surface area contributed by atoms with E-state index in [2.05, 4.69) is 206 Å². The molecule has 1 aliphatic carbocycles. The molecule has 1 heteroatoms. The predicted molar refractivity (Wildman–Crippen MR) is 266 cm³/mol. The van der Waals surface area contributed by atoms with Gasteiger partial charge in [-0.05, 0) is 126 Å². The monoisotopic (exact) mass is 795 g/mol. The highest BCUT2D eigenvalue weighted by atomic mass is 15.3. The highest BCUT2D eigenvalue weighted by molar-refractivity contribution is 6.23. The summed E-state index contributed by atoms with van der Waals surface area (Å²) in [4.78, 5) is 2.80. The molecule has 0 aromatic heterocycles. The zero-order chi connectivity index (χ0) is 41.2. The van der Waals surface area contributed by atoms with Gasteiger partial charge in [0.15, 0.2) is 0 Å². The molecular weight excluding hydrogens is 747 g/mol. The summed E-state index contributed by atoms with van der Waals surface area (Å²) in [6, 6.07) is 73.4. The third-order valence-corrected chi connectivity index (χ3v) is 14.1. The summed E-state index contributed by atoms with van der Waals surface area (Å²) in [5, 5.41) is 10.4. The van der Waals surface area contributed by atoms with Gasteiger partial charge in [-0.3, -0.25) is 0 Å². The molecule has 0 atom stereocenters. The molecule has 0 N–H and O–H groups in total. The van der Waals surface area contributed by atoms with Gasteiger partial charge in [0.25, 0.3) is 0 Å². The van der Waals surface area contributed by atoms with Crippen LogP contribution >= 0.6 is 0 Å². The van der Waals surface area contributed by atoms with Crippen LogP contribution in [0.2, 0.25) is 0 Å². The fraction of sp³-hybridized carbons (Fsp3) is 0.148. The summed E-state index contributed by atoms with van der Waals surface area (Å²) < 4.78 is 0. The number of fused-ring (bicyclic) bond motifs is 8. The highest BCUT2D eigenvalue weighted by Crippen LogP contribution is 2.65. The lowest BCUT2D eigenvalue weighted by Gasteiger charge is -2.43. The quantitative estimate of drug-likeness (QED) is 0.104. The summed E-state index contributed by atoms with van der Waals surface area (Å²) in [5.74, 6) is 0. The third kappa shape index (κ3) is 5.75. The van der Waals surface area contributed by atoms with Gasteiger partial charge in [0, 0.05) is 22.0 Å². The standard InChI is InChI=1S/C61H49N/c1-2-3-4-7-20-41-33-36-56-54(39-41)53-40-44(59-47-27-14-12-25-45(47)57(42-21-8-5-9-22-42)46-26-13-15-28-48(46)59)34-35-55(53)61(37-38-61)62(56)60-51-31-18-16-29-49(51)58(43-23-10-6-11-24-43)50-30-17-19-32-52(50)60/h5-6,8-19,21-36,39-40H,2-4,7,20,37-38H2,1H3. The van der Waals surface area contributed by atoms with Crippen molar-refractivity contribution in [3.05, 3.63) is 205 Å². The van der Waals surface area contributed by atoms with Crippen LogP contribution in [-0.2, 0) is 12.0 Å². The number of hydrogen-bond acceptors (Lipinski definition) is 1. The maximum Gasteiger partial charge on any atom is 0.0711 e. The van der Waals surface area contributed by atoms with Crippen LogP contribution in [-0.4, -0.2) is 0 Å². The molecule has 1 spiro atoms. The van der Waals surface area contributed by atoms with E-state index in [0.29, 0.717) is 0 Å². The first-order valence-corrected chi connectivity index (χ1v) is 22.8. The molecule has 0 amide bonds. The first kappa shape index (κ1) is 36.9. The van der Waals surface area contributed by atoms with Crippen molar-refractivity contribution in [2.45, 2.75) is 57.4 Å². The van der Waals surface area contributed by atoms with Gasteiger partial charge in [-0.25, -0.2) is 0 Å². The Morgan fingerprint density at radius 1 is 0.403 bits per heavy atom. The van der Waals surface area contributed by atoms with Gasteiger partial charge < -0.3 is 4.90 Å². The van der Waals surface area contributed by atoms with Crippen LogP contribution in [0.25, 0.3) is 87.6 Å². The van der Waals surface area contributed by atoms with Gasteiger partial charge >= 0.3 is 0 Å². The van der Waals surface area contributed by atoms with Crippen LogP contribution in [0.1, 0.15) is 56.6 Å². The average molecular weight is 796 g/mol. The molecule has 1 nitrogen and oxygen atoms in total. The van der Waals surface area contributed by atoms with Crippen molar-refractivity contribution in [3.63, 3.8) is 0 Å². The van der Waals surface area contributed by atoms with E-state index in [1.165, 1.54) is 136 Å². The molecule has 10 aromatic rings. The molecule has 0 unspecified atom stereocenters. The molecule has 10 aromatic carbocycles. The molecule has 298 valence electrons. The molecule has 1 aliphatic heterocycles. The van der Waals surface area contributed by atoms with Gasteiger partial charge in [-0.2, -0.15) is 0 Å². The van der Waals surface area contributed by atoms with Crippen molar-refractivity contribution in [2.75, 3.05) is 4.90 Å². The van der Waals surface area contributed by atoms with Crippen LogP contribution in [0.3, 0.4) is 0 Å². The average Bonchev–Trinajstić information content (AvgIpc) is 4.13.